The predicted octanol–water partition coefficient (Wildman–Crippen LogP) is 4.50. The Morgan fingerprint density at radius 3 is 2.86 bits per heavy atom. The zero-order valence-electron chi connectivity index (χ0n) is 13.1. The molecule has 1 amide bonds. The third kappa shape index (κ3) is 3.76. The molecule has 0 atom stereocenters. The highest BCUT2D eigenvalue weighted by molar-refractivity contribution is 7.20. The molecular weight excluding hydrogens is 312 g/mol. The minimum absolute atomic E-state index is 0.0316. The van der Waals surface area contributed by atoms with Crippen molar-refractivity contribution >= 4 is 28.6 Å². The molecule has 1 N–H and O–H groups in total. The Morgan fingerprint density at radius 2 is 2.18 bits per heavy atom. The van der Waals surface area contributed by atoms with E-state index in [1.54, 1.807) is 22.7 Å². The van der Waals surface area contributed by atoms with Crippen LogP contribution in [0.2, 0.25) is 0 Å². The third-order valence-electron chi connectivity index (χ3n) is 4.44. The first-order valence-corrected chi connectivity index (χ1v) is 9.59. The summed E-state index contributed by atoms with van der Waals surface area (Å²) in [6.45, 7) is 4.47. The average molecular weight is 335 g/mol. The molecular formula is C17H22N2OS2. The van der Waals surface area contributed by atoms with E-state index in [0.717, 1.165) is 29.5 Å². The van der Waals surface area contributed by atoms with Crippen LogP contribution in [0.4, 0.5) is 0 Å². The van der Waals surface area contributed by atoms with Gasteiger partial charge in [-0.1, -0.05) is 13.0 Å². The van der Waals surface area contributed by atoms with Crippen LogP contribution < -0.4 is 5.32 Å². The summed E-state index contributed by atoms with van der Waals surface area (Å²) in [6, 6.07) is 4.09. The number of amides is 1. The van der Waals surface area contributed by atoms with Crippen LogP contribution in [0.15, 0.2) is 22.9 Å². The molecule has 0 radical (unpaired) electrons. The quantitative estimate of drug-likeness (QED) is 0.894. The first kappa shape index (κ1) is 15.7. The van der Waals surface area contributed by atoms with Gasteiger partial charge in [0, 0.05) is 10.9 Å². The van der Waals surface area contributed by atoms with Gasteiger partial charge in [0.05, 0.1) is 17.0 Å². The number of nitrogens with one attached hydrogen (secondary N) is 1. The van der Waals surface area contributed by atoms with Crippen molar-refractivity contribution in [3.63, 3.8) is 0 Å². The van der Waals surface area contributed by atoms with E-state index in [1.807, 2.05) is 16.8 Å². The molecule has 0 aliphatic heterocycles. The smallest absolute Gasteiger partial charge is 0.226 e. The molecule has 0 spiro atoms. The summed E-state index contributed by atoms with van der Waals surface area (Å²) in [5, 5.41) is 8.30. The standard InChI is InChI=1S/C17H22N2OS2/c1-12-5-7-17(2,8-6-12)19-15(20)10-13-11-22-16(18-13)14-4-3-9-21-14/h3-4,9,11-12H,5-8,10H2,1-2H3,(H,19,20). The van der Waals surface area contributed by atoms with Crippen molar-refractivity contribution in [2.24, 2.45) is 5.92 Å². The zero-order valence-corrected chi connectivity index (χ0v) is 14.7. The molecule has 1 saturated carbocycles. The minimum Gasteiger partial charge on any atom is -0.351 e. The van der Waals surface area contributed by atoms with Gasteiger partial charge in [0.1, 0.15) is 5.01 Å². The van der Waals surface area contributed by atoms with Crippen LogP contribution in [0, 0.1) is 5.92 Å². The number of thiophene rings is 1. The summed E-state index contributed by atoms with van der Waals surface area (Å²) < 4.78 is 0. The first-order valence-electron chi connectivity index (χ1n) is 7.83. The largest absolute Gasteiger partial charge is 0.351 e. The van der Waals surface area contributed by atoms with Crippen molar-refractivity contribution in [1.82, 2.24) is 10.3 Å². The van der Waals surface area contributed by atoms with E-state index in [2.05, 4.69) is 30.2 Å². The molecule has 0 unspecified atom stereocenters. The van der Waals surface area contributed by atoms with Crippen molar-refractivity contribution in [3.8, 4) is 9.88 Å². The molecule has 118 valence electrons. The van der Waals surface area contributed by atoms with Crippen molar-refractivity contribution < 1.29 is 4.79 Å². The number of aromatic nitrogens is 1. The van der Waals surface area contributed by atoms with E-state index in [-0.39, 0.29) is 11.4 Å². The summed E-state index contributed by atoms with van der Waals surface area (Å²) in [4.78, 5) is 18.1. The van der Waals surface area contributed by atoms with E-state index in [9.17, 15) is 4.79 Å². The van der Waals surface area contributed by atoms with Gasteiger partial charge in [-0.2, -0.15) is 0 Å². The summed E-state index contributed by atoms with van der Waals surface area (Å²) >= 11 is 3.30. The molecule has 1 aliphatic rings. The number of hydrogen-bond acceptors (Lipinski definition) is 4. The molecule has 22 heavy (non-hydrogen) atoms. The number of hydrogen-bond donors (Lipinski definition) is 1. The summed E-state index contributed by atoms with van der Waals surface area (Å²) in [6.07, 6.45) is 4.95. The molecule has 1 fully saturated rings. The molecule has 2 heterocycles. The Labute approximate surface area is 139 Å². The van der Waals surface area contributed by atoms with Crippen molar-refractivity contribution in [3.05, 3.63) is 28.6 Å². The lowest BCUT2D eigenvalue weighted by Crippen LogP contribution is -2.48. The van der Waals surface area contributed by atoms with Gasteiger partial charge in [0.15, 0.2) is 0 Å². The molecule has 0 aromatic carbocycles. The molecule has 5 heteroatoms. The Morgan fingerprint density at radius 1 is 1.41 bits per heavy atom. The average Bonchev–Trinajstić information content (AvgIpc) is 3.13. The van der Waals surface area contributed by atoms with Crippen molar-refractivity contribution in [2.75, 3.05) is 0 Å². The van der Waals surface area contributed by atoms with Crippen molar-refractivity contribution in [1.29, 1.82) is 0 Å². The van der Waals surface area contributed by atoms with Crippen LogP contribution in [-0.2, 0) is 11.2 Å². The maximum Gasteiger partial charge on any atom is 0.226 e. The number of thiazole rings is 1. The molecule has 0 saturated heterocycles. The third-order valence-corrected chi connectivity index (χ3v) is 6.37. The highest BCUT2D eigenvalue weighted by atomic mass is 32.1. The number of nitrogens with zero attached hydrogens (tertiary/aromatic N) is 1. The number of rotatable bonds is 4. The topological polar surface area (TPSA) is 42.0 Å². The van der Waals surface area contributed by atoms with Crippen LogP contribution in [0.3, 0.4) is 0 Å². The molecule has 3 rings (SSSR count). The Kier molecular flexibility index (Phi) is 4.64. The van der Waals surface area contributed by atoms with Gasteiger partial charge in [-0.15, -0.1) is 22.7 Å². The van der Waals surface area contributed by atoms with Crippen LogP contribution in [-0.4, -0.2) is 16.4 Å². The summed E-state index contributed by atoms with van der Waals surface area (Å²) in [7, 11) is 0. The van der Waals surface area contributed by atoms with Gasteiger partial charge in [-0.3, -0.25) is 4.79 Å². The molecule has 1 aliphatic carbocycles. The first-order chi connectivity index (χ1) is 10.5. The van der Waals surface area contributed by atoms with Gasteiger partial charge in [-0.05, 0) is 50.0 Å². The van der Waals surface area contributed by atoms with Gasteiger partial charge < -0.3 is 5.32 Å². The Hall–Kier alpha value is -1.20. The Bertz CT molecular complexity index is 625. The van der Waals surface area contributed by atoms with Gasteiger partial charge in [0.25, 0.3) is 0 Å². The van der Waals surface area contributed by atoms with Crippen LogP contribution >= 0.6 is 22.7 Å². The van der Waals surface area contributed by atoms with Gasteiger partial charge in [0.2, 0.25) is 5.91 Å². The second-order valence-corrected chi connectivity index (χ2v) is 8.40. The predicted molar refractivity (Wildman–Crippen MR) is 93.3 cm³/mol. The van der Waals surface area contributed by atoms with Gasteiger partial charge in [-0.25, -0.2) is 4.98 Å². The van der Waals surface area contributed by atoms with Gasteiger partial charge >= 0.3 is 0 Å². The van der Waals surface area contributed by atoms with Crippen LogP contribution in [0.25, 0.3) is 9.88 Å². The maximum absolute atomic E-state index is 12.3. The summed E-state index contributed by atoms with van der Waals surface area (Å²) in [5.74, 6) is 0.886. The number of carbonyl (C=O) groups is 1. The lowest BCUT2D eigenvalue weighted by molar-refractivity contribution is -0.122. The SMILES string of the molecule is CC1CCC(C)(NC(=O)Cc2csc(-c3cccs3)n2)CC1. The normalized spacial score (nSPS) is 25.1. The lowest BCUT2D eigenvalue weighted by Gasteiger charge is -2.37. The summed E-state index contributed by atoms with van der Waals surface area (Å²) in [5.41, 5.74) is 0.842. The van der Waals surface area contributed by atoms with Crippen LogP contribution in [0.5, 0.6) is 0 Å². The fourth-order valence-corrected chi connectivity index (χ4v) is 4.61. The fraction of sp³-hybridized carbons (Fsp3) is 0.529. The highest BCUT2D eigenvalue weighted by Gasteiger charge is 2.30. The van der Waals surface area contributed by atoms with E-state index in [4.69, 9.17) is 0 Å². The molecule has 2 aromatic rings. The monoisotopic (exact) mass is 334 g/mol. The molecule has 2 aromatic heterocycles. The zero-order chi connectivity index (χ0) is 15.6. The lowest BCUT2D eigenvalue weighted by atomic mass is 9.78. The second kappa shape index (κ2) is 6.50. The minimum atomic E-state index is -0.0316. The molecule has 0 bridgehead atoms. The van der Waals surface area contributed by atoms with E-state index < -0.39 is 0 Å². The number of carbonyl (C=O) groups excluding carboxylic acids is 1. The molecule has 3 nitrogen and oxygen atoms in total. The van der Waals surface area contributed by atoms with Crippen LogP contribution in [0.1, 0.15) is 45.2 Å². The Balaban J connectivity index is 1.58. The van der Waals surface area contributed by atoms with E-state index in [0.29, 0.717) is 6.42 Å². The van der Waals surface area contributed by atoms with Crippen molar-refractivity contribution in [2.45, 2.75) is 51.5 Å². The maximum atomic E-state index is 12.3. The van der Waals surface area contributed by atoms with E-state index >= 15 is 0 Å². The van der Waals surface area contributed by atoms with E-state index in [1.165, 1.54) is 17.7 Å². The highest BCUT2D eigenvalue weighted by Crippen LogP contribution is 2.32. The second-order valence-electron chi connectivity index (χ2n) is 6.59. The fourth-order valence-electron chi connectivity index (χ4n) is 2.97.